The van der Waals surface area contributed by atoms with Crippen LogP contribution in [0.25, 0.3) is 21.7 Å². The molecular formula is C16H9ClF3NS. The van der Waals surface area contributed by atoms with Gasteiger partial charge in [-0.05, 0) is 6.07 Å². The van der Waals surface area contributed by atoms with Gasteiger partial charge in [-0.3, -0.25) is 0 Å². The zero-order chi connectivity index (χ0) is 15.7. The van der Waals surface area contributed by atoms with E-state index < -0.39 is 11.7 Å². The number of hydrogen-bond acceptors (Lipinski definition) is 2. The van der Waals surface area contributed by atoms with Crippen molar-refractivity contribution in [1.82, 2.24) is 4.98 Å². The van der Waals surface area contributed by atoms with Crippen LogP contribution in [0.2, 0.25) is 4.47 Å². The van der Waals surface area contributed by atoms with Crippen LogP contribution >= 0.6 is 22.9 Å². The minimum Gasteiger partial charge on any atom is -0.224 e. The van der Waals surface area contributed by atoms with Gasteiger partial charge in [0.15, 0.2) is 4.47 Å². The average Bonchev–Trinajstić information content (AvgIpc) is 2.89. The summed E-state index contributed by atoms with van der Waals surface area (Å²) in [5, 5.41) is 0. The van der Waals surface area contributed by atoms with Crippen LogP contribution in [0.15, 0.2) is 54.6 Å². The van der Waals surface area contributed by atoms with E-state index in [0.717, 1.165) is 23.0 Å². The molecular weight excluding hydrogens is 331 g/mol. The monoisotopic (exact) mass is 339 g/mol. The van der Waals surface area contributed by atoms with Crippen LogP contribution in [0.4, 0.5) is 13.2 Å². The molecule has 112 valence electrons. The van der Waals surface area contributed by atoms with E-state index in [2.05, 4.69) is 4.98 Å². The molecule has 22 heavy (non-hydrogen) atoms. The molecule has 1 aromatic heterocycles. The molecule has 0 amide bonds. The van der Waals surface area contributed by atoms with Crippen LogP contribution < -0.4 is 0 Å². The zero-order valence-corrected chi connectivity index (χ0v) is 12.6. The van der Waals surface area contributed by atoms with E-state index >= 15 is 0 Å². The molecule has 0 aliphatic rings. The highest BCUT2D eigenvalue weighted by atomic mass is 35.5. The van der Waals surface area contributed by atoms with E-state index in [9.17, 15) is 13.2 Å². The molecule has 1 nitrogen and oxygen atoms in total. The Hall–Kier alpha value is -1.85. The molecule has 0 atom stereocenters. The summed E-state index contributed by atoms with van der Waals surface area (Å²) in [6.45, 7) is 0. The first kappa shape index (κ1) is 15.1. The van der Waals surface area contributed by atoms with Gasteiger partial charge in [-0.25, -0.2) is 4.98 Å². The van der Waals surface area contributed by atoms with Gasteiger partial charge in [-0.1, -0.05) is 60.1 Å². The lowest BCUT2D eigenvalue weighted by Gasteiger charge is -2.12. The van der Waals surface area contributed by atoms with Gasteiger partial charge >= 0.3 is 6.18 Å². The van der Waals surface area contributed by atoms with Crippen molar-refractivity contribution in [2.24, 2.45) is 0 Å². The SMILES string of the molecule is FC(F)(F)c1ccccc1-c1sc(Cl)nc1-c1ccccc1. The number of halogens is 4. The highest BCUT2D eigenvalue weighted by molar-refractivity contribution is 7.19. The van der Waals surface area contributed by atoms with Gasteiger partial charge in [0.2, 0.25) is 0 Å². The molecule has 1 heterocycles. The Bertz CT molecular complexity index is 797. The number of hydrogen-bond donors (Lipinski definition) is 0. The molecule has 3 rings (SSSR count). The van der Waals surface area contributed by atoms with Crippen molar-refractivity contribution in [2.45, 2.75) is 6.18 Å². The fourth-order valence-corrected chi connectivity index (χ4v) is 3.37. The molecule has 0 bridgehead atoms. The molecule has 0 saturated carbocycles. The first-order valence-corrected chi connectivity index (χ1v) is 7.54. The molecule has 0 saturated heterocycles. The van der Waals surface area contributed by atoms with Gasteiger partial charge in [-0.15, -0.1) is 11.3 Å². The van der Waals surface area contributed by atoms with Crippen molar-refractivity contribution < 1.29 is 13.2 Å². The molecule has 6 heteroatoms. The van der Waals surface area contributed by atoms with E-state index in [1.807, 2.05) is 18.2 Å². The second kappa shape index (κ2) is 5.74. The van der Waals surface area contributed by atoms with Gasteiger partial charge in [-0.2, -0.15) is 13.2 Å². The maximum Gasteiger partial charge on any atom is 0.417 e. The molecule has 0 aliphatic carbocycles. The summed E-state index contributed by atoms with van der Waals surface area (Å²) >= 11 is 7.01. The third-order valence-corrected chi connectivity index (χ3v) is 4.32. The van der Waals surface area contributed by atoms with Gasteiger partial charge in [0.1, 0.15) is 0 Å². The Morgan fingerprint density at radius 3 is 2.23 bits per heavy atom. The third kappa shape index (κ3) is 2.87. The van der Waals surface area contributed by atoms with Crippen LogP contribution in [0.3, 0.4) is 0 Å². The lowest BCUT2D eigenvalue weighted by Crippen LogP contribution is -2.06. The van der Waals surface area contributed by atoms with E-state index in [4.69, 9.17) is 11.6 Å². The zero-order valence-electron chi connectivity index (χ0n) is 11.1. The maximum absolute atomic E-state index is 13.2. The Morgan fingerprint density at radius 1 is 0.909 bits per heavy atom. The molecule has 3 aromatic rings. The highest BCUT2D eigenvalue weighted by Gasteiger charge is 2.34. The van der Waals surface area contributed by atoms with Crippen molar-refractivity contribution in [3.8, 4) is 21.7 Å². The van der Waals surface area contributed by atoms with Crippen molar-refractivity contribution in [1.29, 1.82) is 0 Å². The summed E-state index contributed by atoms with van der Waals surface area (Å²) < 4.78 is 39.9. The predicted octanol–water partition coefficient (Wildman–Crippen LogP) is 6.15. The number of aromatic nitrogens is 1. The summed E-state index contributed by atoms with van der Waals surface area (Å²) in [5.41, 5.74) is 0.607. The largest absolute Gasteiger partial charge is 0.417 e. The summed E-state index contributed by atoms with van der Waals surface area (Å²) in [6.07, 6.45) is -4.43. The Balaban J connectivity index is 2.23. The minimum absolute atomic E-state index is 0.0956. The van der Waals surface area contributed by atoms with E-state index in [1.165, 1.54) is 12.1 Å². The normalized spacial score (nSPS) is 11.6. The lowest BCUT2D eigenvalue weighted by molar-refractivity contribution is -0.137. The predicted molar refractivity (Wildman–Crippen MR) is 83.0 cm³/mol. The smallest absolute Gasteiger partial charge is 0.224 e. The van der Waals surface area contributed by atoms with E-state index in [1.54, 1.807) is 18.2 Å². The molecule has 0 spiro atoms. The Kier molecular flexibility index (Phi) is 3.93. The standard InChI is InChI=1S/C16H9ClF3NS/c17-15-21-13(10-6-2-1-3-7-10)14(22-15)11-8-4-5-9-12(11)16(18,19)20/h1-9H. The van der Waals surface area contributed by atoms with Crippen LogP contribution in [0.1, 0.15) is 5.56 Å². The van der Waals surface area contributed by atoms with Crippen molar-refractivity contribution in [3.05, 3.63) is 64.6 Å². The summed E-state index contributed by atoms with van der Waals surface area (Å²) in [4.78, 5) is 4.62. The van der Waals surface area contributed by atoms with Crippen LogP contribution in [-0.2, 0) is 6.18 Å². The number of thiazole rings is 1. The van der Waals surface area contributed by atoms with Crippen molar-refractivity contribution in [3.63, 3.8) is 0 Å². The van der Waals surface area contributed by atoms with E-state index in [-0.39, 0.29) is 10.0 Å². The van der Waals surface area contributed by atoms with Gasteiger partial charge in [0, 0.05) is 11.1 Å². The Labute approximate surface area is 134 Å². The van der Waals surface area contributed by atoms with Crippen LogP contribution in [0, 0.1) is 0 Å². The molecule has 0 aliphatic heterocycles. The second-order valence-electron chi connectivity index (χ2n) is 4.55. The molecule has 0 radical (unpaired) electrons. The number of alkyl halides is 3. The second-order valence-corrected chi connectivity index (χ2v) is 6.14. The lowest BCUT2D eigenvalue weighted by atomic mass is 10.0. The van der Waals surface area contributed by atoms with Crippen molar-refractivity contribution >= 4 is 22.9 Å². The highest BCUT2D eigenvalue weighted by Crippen LogP contribution is 2.44. The first-order chi connectivity index (χ1) is 10.5. The summed E-state index contributed by atoms with van der Waals surface area (Å²) in [7, 11) is 0. The molecule has 0 unspecified atom stereocenters. The van der Waals surface area contributed by atoms with Crippen molar-refractivity contribution in [2.75, 3.05) is 0 Å². The van der Waals surface area contributed by atoms with Crippen LogP contribution in [-0.4, -0.2) is 4.98 Å². The minimum atomic E-state index is -4.43. The fourth-order valence-electron chi connectivity index (χ4n) is 2.20. The number of benzene rings is 2. The number of nitrogens with zero attached hydrogens (tertiary/aromatic N) is 1. The van der Waals surface area contributed by atoms with Gasteiger partial charge < -0.3 is 0 Å². The van der Waals surface area contributed by atoms with Gasteiger partial charge in [0.05, 0.1) is 16.1 Å². The van der Waals surface area contributed by atoms with Gasteiger partial charge in [0.25, 0.3) is 0 Å². The van der Waals surface area contributed by atoms with E-state index in [0.29, 0.717) is 10.6 Å². The fraction of sp³-hybridized carbons (Fsp3) is 0.0625. The van der Waals surface area contributed by atoms with Crippen LogP contribution in [0.5, 0.6) is 0 Å². The number of rotatable bonds is 2. The first-order valence-electron chi connectivity index (χ1n) is 6.35. The molecule has 0 fully saturated rings. The summed E-state index contributed by atoms with van der Waals surface area (Å²) in [5.74, 6) is 0. The quantitative estimate of drug-likeness (QED) is 0.545. The third-order valence-electron chi connectivity index (χ3n) is 3.13. The average molecular weight is 340 g/mol. The summed E-state index contributed by atoms with van der Waals surface area (Å²) in [6, 6.07) is 14.5. The molecule has 0 N–H and O–H groups in total. The topological polar surface area (TPSA) is 12.9 Å². The molecule has 2 aromatic carbocycles. The maximum atomic E-state index is 13.2. The Morgan fingerprint density at radius 2 is 1.55 bits per heavy atom.